The van der Waals surface area contributed by atoms with Crippen LogP contribution in [0, 0.1) is 18.8 Å². The van der Waals surface area contributed by atoms with Crippen molar-refractivity contribution in [3.63, 3.8) is 0 Å². The SMILES string of the molecule is Cc1cccnc1C(=O)N1C[C@H]2CNC[C@H]2C1. The quantitative estimate of drug-likeness (QED) is 0.773. The largest absolute Gasteiger partial charge is 0.337 e. The van der Waals surface area contributed by atoms with Crippen LogP contribution >= 0.6 is 0 Å². The van der Waals surface area contributed by atoms with E-state index in [1.165, 1.54) is 0 Å². The predicted octanol–water partition coefficient (Wildman–Crippen LogP) is 0.681. The van der Waals surface area contributed by atoms with Crippen LogP contribution in [0.25, 0.3) is 0 Å². The minimum absolute atomic E-state index is 0.0949. The number of carbonyl (C=O) groups excluding carboxylic acids is 1. The molecule has 2 fully saturated rings. The standard InChI is InChI=1S/C13H17N3O/c1-9-3-2-4-15-12(9)13(17)16-7-10-5-14-6-11(10)8-16/h2-4,10-11,14H,5-8H2,1H3/t10-,11+. The maximum atomic E-state index is 12.3. The number of nitrogens with one attached hydrogen (secondary N) is 1. The molecule has 0 spiro atoms. The second-order valence-electron chi connectivity index (χ2n) is 5.06. The number of aryl methyl sites for hydroxylation is 1. The van der Waals surface area contributed by atoms with Crippen LogP contribution in [0.2, 0.25) is 0 Å². The number of aromatic nitrogens is 1. The lowest BCUT2D eigenvalue weighted by Gasteiger charge is -2.17. The van der Waals surface area contributed by atoms with Gasteiger partial charge in [0.15, 0.2) is 0 Å². The molecule has 1 aromatic heterocycles. The summed E-state index contributed by atoms with van der Waals surface area (Å²) >= 11 is 0. The van der Waals surface area contributed by atoms with E-state index in [2.05, 4.69) is 10.3 Å². The van der Waals surface area contributed by atoms with Gasteiger partial charge in [-0.05, 0) is 30.4 Å². The van der Waals surface area contributed by atoms with Crippen LogP contribution in [0.4, 0.5) is 0 Å². The summed E-state index contributed by atoms with van der Waals surface area (Å²) in [5.41, 5.74) is 1.58. The highest BCUT2D eigenvalue weighted by Crippen LogP contribution is 2.27. The van der Waals surface area contributed by atoms with Crippen molar-refractivity contribution in [1.82, 2.24) is 15.2 Å². The molecular weight excluding hydrogens is 214 g/mol. The van der Waals surface area contributed by atoms with Crippen LogP contribution in [0.5, 0.6) is 0 Å². The van der Waals surface area contributed by atoms with Crippen LogP contribution in [0.3, 0.4) is 0 Å². The van der Waals surface area contributed by atoms with E-state index in [4.69, 9.17) is 0 Å². The van der Waals surface area contributed by atoms with Gasteiger partial charge in [-0.15, -0.1) is 0 Å². The fourth-order valence-corrected chi connectivity index (χ4v) is 2.88. The molecule has 0 radical (unpaired) electrons. The first-order valence-corrected chi connectivity index (χ1v) is 6.17. The summed E-state index contributed by atoms with van der Waals surface area (Å²) in [6, 6.07) is 3.81. The monoisotopic (exact) mass is 231 g/mol. The number of rotatable bonds is 1. The van der Waals surface area contributed by atoms with Crippen LogP contribution < -0.4 is 5.32 Å². The molecule has 2 aliphatic rings. The van der Waals surface area contributed by atoms with E-state index in [-0.39, 0.29) is 5.91 Å². The minimum Gasteiger partial charge on any atom is -0.337 e. The van der Waals surface area contributed by atoms with E-state index >= 15 is 0 Å². The topological polar surface area (TPSA) is 45.2 Å². The van der Waals surface area contributed by atoms with Gasteiger partial charge >= 0.3 is 0 Å². The molecule has 1 N–H and O–H groups in total. The van der Waals surface area contributed by atoms with E-state index in [0.717, 1.165) is 31.7 Å². The summed E-state index contributed by atoms with van der Waals surface area (Å²) in [5, 5.41) is 3.38. The van der Waals surface area contributed by atoms with Gasteiger partial charge < -0.3 is 10.2 Å². The first-order valence-electron chi connectivity index (χ1n) is 6.17. The van der Waals surface area contributed by atoms with E-state index in [1.807, 2.05) is 24.0 Å². The predicted molar refractivity (Wildman–Crippen MR) is 64.7 cm³/mol. The van der Waals surface area contributed by atoms with Crippen molar-refractivity contribution in [2.45, 2.75) is 6.92 Å². The number of pyridine rings is 1. The number of carbonyl (C=O) groups is 1. The van der Waals surface area contributed by atoms with Crippen molar-refractivity contribution in [1.29, 1.82) is 0 Å². The Bertz CT molecular complexity index is 434. The molecule has 2 saturated heterocycles. The third kappa shape index (κ3) is 1.82. The van der Waals surface area contributed by atoms with Crippen molar-refractivity contribution < 1.29 is 4.79 Å². The van der Waals surface area contributed by atoms with Crippen molar-refractivity contribution >= 4 is 5.91 Å². The van der Waals surface area contributed by atoms with E-state index < -0.39 is 0 Å². The van der Waals surface area contributed by atoms with Gasteiger partial charge in [0.25, 0.3) is 5.91 Å². The van der Waals surface area contributed by atoms with Crippen molar-refractivity contribution in [3.8, 4) is 0 Å². The number of likely N-dealkylation sites (tertiary alicyclic amines) is 1. The molecule has 90 valence electrons. The van der Waals surface area contributed by atoms with Gasteiger partial charge in [0.05, 0.1) is 0 Å². The smallest absolute Gasteiger partial charge is 0.272 e. The van der Waals surface area contributed by atoms with Gasteiger partial charge in [0, 0.05) is 32.4 Å². The van der Waals surface area contributed by atoms with Gasteiger partial charge in [-0.3, -0.25) is 9.78 Å². The summed E-state index contributed by atoms with van der Waals surface area (Å²) in [6.45, 7) is 5.81. The average Bonchev–Trinajstić information content (AvgIpc) is 2.88. The Labute approximate surface area is 101 Å². The molecule has 0 unspecified atom stereocenters. The van der Waals surface area contributed by atoms with Crippen molar-refractivity contribution in [3.05, 3.63) is 29.6 Å². The summed E-state index contributed by atoms with van der Waals surface area (Å²) in [6.07, 6.45) is 1.69. The Hall–Kier alpha value is -1.42. The Morgan fingerprint density at radius 2 is 2.12 bits per heavy atom. The molecule has 3 heterocycles. The first kappa shape index (κ1) is 10.7. The summed E-state index contributed by atoms with van der Waals surface area (Å²) in [7, 11) is 0. The fraction of sp³-hybridized carbons (Fsp3) is 0.538. The first-order chi connectivity index (χ1) is 8.25. The molecule has 2 atom stereocenters. The van der Waals surface area contributed by atoms with Crippen LogP contribution in [-0.2, 0) is 0 Å². The molecule has 0 saturated carbocycles. The number of amides is 1. The van der Waals surface area contributed by atoms with Gasteiger partial charge in [0.1, 0.15) is 5.69 Å². The molecule has 4 heteroatoms. The van der Waals surface area contributed by atoms with Crippen molar-refractivity contribution in [2.75, 3.05) is 26.2 Å². The van der Waals surface area contributed by atoms with Gasteiger partial charge in [-0.25, -0.2) is 0 Å². The van der Waals surface area contributed by atoms with Gasteiger partial charge in [-0.2, -0.15) is 0 Å². The normalized spacial score (nSPS) is 27.2. The summed E-state index contributed by atoms with van der Waals surface area (Å²) in [5.74, 6) is 1.38. The minimum atomic E-state index is 0.0949. The molecule has 0 aliphatic carbocycles. The third-order valence-electron chi connectivity index (χ3n) is 3.89. The zero-order chi connectivity index (χ0) is 11.8. The van der Waals surface area contributed by atoms with Gasteiger partial charge in [0.2, 0.25) is 0 Å². The lowest BCUT2D eigenvalue weighted by atomic mass is 10.0. The maximum absolute atomic E-state index is 12.3. The molecule has 3 rings (SSSR count). The summed E-state index contributed by atoms with van der Waals surface area (Å²) < 4.78 is 0. The Morgan fingerprint density at radius 3 is 2.76 bits per heavy atom. The van der Waals surface area contributed by atoms with Gasteiger partial charge in [-0.1, -0.05) is 6.07 Å². The molecule has 0 aromatic carbocycles. The molecule has 1 aromatic rings. The highest BCUT2D eigenvalue weighted by molar-refractivity contribution is 5.93. The molecule has 0 bridgehead atoms. The van der Waals surface area contributed by atoms with Crippen LogP contribution in [0.15, 0.2) is 18.3 Å². The van der Waals surface area contributed by atoms with Crippen LogP contribution in [-0.4, -0.2) is 42.0 Å². The number of hydrogen-bond acceptors (Lipinski definition) is 3. The highest BCUT2D eigenvalue weighted by Gasteiger charge is 2.38. The lowest BCUT2D eigenvalue weighted by Crippen LogP contribution is -2.32. The molecular formula is C13H17N3O. The fourth-order valence-electron chi connectivity index (χ4n) is 2.88. The maximum Gasteiger partial charge on any atom is 0.272 e. The third-order valence-corrected chi connectivity index (χ3v) is 3.89. The zero-order valence-corrected chi connectivity index (χ0v) is 10.0. The zero-order valence-electron chi connectivity index (χ0n) is 10.0. The lowest BCUT2D eigenvalue weighted by molar-refractivity contribution is 0.0775. The Kier molecular flexibility index (Phi) is 2.59. The van der Waals surface area contributed by atoms with E-state index in [0.29, 0.717) is 17.5 Å². The number of hydrogen-bond donors (Lipinski definition) is 1. The van der Waals surface area contributed by atoms with E-state index in [9.17, 15) is 4.79 Å². The highest BCUT2D eigenvalue weighted by atomic mass is 16.2. The number of fused-ring (bicyclic) bond motifs is 1. The molecule has 4 nitrogen and oxygen atoms in total. The molecule has 1 amide bonds. The second-order valence-corrected chi connectivity index (χ2v) is 5.06. The van der Waals surface area contributed by atoms with E-state index in [1.54, 1.807) is 6.20 Å². The second kappa shape index (κ2) is 4.11. The van der Waals surface area contributed by atoms with Crippen molar-refractivity contribution in [2.24, 2.45) is 11.8 Å². The number of nitrogens with zero attached hydrogens (tertiary/aromatic N) is 2. The Balaban J connectivity index is 1.78. The summed E-state index contributed by atoms with van der Waals surface area (Å²) in [4.78, 5) is 18.5. The Morgan fingerprint density at radius 1 is 1.41 bits per heavy atom. The molecule has 17 heavy (non-hydrogen) atoms. The molecule has 2 aliphatic heterocycles. The average molecular weight is 231 g/mol. The van der Waals surface area contributed by atoms with Crippen LogP contribution in [0.1, 0.15) is 16.1 Å².